The maximum atomic E-state index is 4.63. The summed E-state index contributed by atoms with van der Waals surface area (Å²) >= 11 is 0. The summed E-state index contributed by atoms with van der Waals surface area (Å²) in [5, 5.41) is 0. The molecule has 2 heteroatoms. The Labute approximate surface area is 177 Å². The maximum absolute atomic E-state index is 4.63. The highest BCUT2D eigenvalue weighted by Crippen LogP contribution is 2.40. The third-order valence-electron chi connectivity index (χ3n) is 5.94. The first-order valence-corrected chi connectivity index (χ1v) is 11.4. The fraction of sp³-hybridized carbons (Fsp3) is 0.444. The van der Waals surface area contributed by atoms with Crippen molar-refractivity contribution in [2.45, 2.75) is 70.6 Å². The van der Waals surface area contributed by atoms with Crippen molar-refractivity contribution < 1.29 is 0 Å². The van der Waals surface area contributed by atoms with Crippen molar-refractivity contribution >= 4 is 12.4 Å². The monoisotopic (exact) mass is 387 g/mol. The quantitative estimate of drug-likeness (QED) is 0.252. The van der Waals surface area contributed by atoms with Gasteiger partial charge in [0.05, 0.1) is 5.92 Å². The molecule has 0 radical (unpaired) electrons. The van der Waals surface area contributed by atoms with Crippen LogP contribution < -0.4 is 0 Å². The molecule has 0 saturated carbocycles. The van der Waals surface area contributed by atoms with E-state index in [1.54, 1.807) is 0 Å². The maximum Gasteiger partial charge on any atom is 0.244 e. The second-order valence-corrected chi connectivity index (χ2v) is 8.14. The van der Waals surface area contributed by atoms with Crippen LogP contribution in [0.4, 0.5) is 0 Å². The van der Waals surface area contributed by atoms with E-state index in [-0.39, 0.29) is 0 Å². The lowest BCUT2D eigenvalue weighted by molar-refractivity contribution is 0.382. The molecule has 1 aliphatic rings. The van der Waals surface area contributed by atoms with Crippen LogP contribution in [0.25, 0.3) is 0 Å². The fourth-order valence-electron chi connectivity index (χ4n) is 4.34. The topological polar surface area (TPSA) is 24.7 Å². The summed E-state index contributed by atoms with van der Waals surface area (Å²) in [7, 11) is 0. The minimum atomic E-state index is 0.364. The van der Waals surface area contributed by atoms with Crippen molar-refractivity contribution in [1.82, 2.24) is 0 Å². The Balaban J connectivity index is 1.70. The highest BCUT2D eigenvalue weighted by molar-refractivity contribution is 6.18. The standard InChI is InChI=1S/C27H35N2/c1-2-3-4-5-6-7-14-19-25(27-28-20-21-29-27)26(24-17-12-9-13-18-24)22-23-15-10-8-11-16-23/h8-13,15-18,20-21,25-26H,2-7,14,19,22H2,1H3/q+1. The molecule has 2 atom stereocenters. The number of benzene rings is 2. The van der Waals surface area contributed by atoms with E-state index < -0.39 is 0 Å². The molecule has 0 saturated heterocycles. The van der Waals surface area contributed by atoms with Crippen LogP contribution in [0.2, 0.25) is 0 Å². The molecule has 1 aliphatic heterocycles. The molecular weight excluding hydrogens is 352 g/mol. The molecule has 0 aromatic heterocycles. The first-order valence-electron chi connectivity index (χ1n) is 11.4. The second-order valence-electron chi connectivity index (χ2n) is 8.14. The highest BCUT2D eigenvalue weighted by atomic mass is 15.0. The lowest BCUT2D eigenvalue weighted by Crippen LogP contribution is -2.20. The Hall–Kier alpha value is -2.35. The number of hydrogen-bond donors (Lipinski definition) is 0. The molecular formula is C27H35N2+. The van der Waals surface area contributed by atoms with Gasteiger partial charge >= 0.3 is 0 Å². The van der Waals surface area contributed by atoms with E-state index in [1.807, 2.05) is 12.4 Å². The third-order valence-corrected chi connectivity index (χ3v) is 5.94. The molecule has 0 fully saturated rings. The average molecular weight is 388 g/mol. The van der Waals surface area contributed by atoms with Crippen molar-refractivity contribution in [1.29, 1.82) is 0 Å². The molecule has 2 aromatic carbocycles. The van der Waals surface area contributed by atoms with Crippen molar-refractivity contribution in [3.63, 3.8) is 0 Å². The molecule has 0 spiro atoms. The van der Waals surface area contributed by atoms with Gasteiger partial charge in [-0.05, 0) is 24.0 Å². The van der Waals surface area contributed by atoms with Gasteiger partial charge in [0, 0.05) is 5.92 Å². The Kier molecular flexibility index (Phi) is 9.03. The molecule has 2 nitrogen and oxygen atoms in total. The van der Waals surface area contributed by atoms with Crippen molar-refractivity contribution in [3.8, 4) is 0 Å². The van der Waals surface area contributed by atoms with Gasteiger partial charge in [-0.3, -0.25) is 0 Å². The van der Waals surface area contributed by atoms with E-state index in [9.17, 15) is 0 Å². The second kappa shape index (κ2) is 12.3. The molecule has 0 aliphatic carbocycles. The third kappa shape index (κ3) is 6.88. The Morgan fingerprint density at radius 2 is 1.31 bits per heavy atom. The lowest BCUT2D eigenvalue weighted by Gasteiger charge is -2.26. The summed E-state index contributed by atoms with van der Waals surface area (Å²) in [4.78, 5) is 9.27. The van der Waals surface area contributed by atoms with Gasteiger partial charge in [-0.2, -0.15) is 0 Å². The Morgan fingerprint density at radius 1 is 0.724 bits per heavy atom. The Morgan fingerprint density at radius 3 is 1.97 bits per heavy atom. The number of aliphatic imine (C=N–C) groups is 2. The predicted octanol–water partition coefficient (Wildman–Crippen LogP) is 7.41. The molecule has 2 aromatic rings. The van der Waals surface area contributed by atoms with Gasteiger partial charge in [0.2, 0.25) is 6.17 Å². The van der Waals surface area contributed by atoms with Crippen LogP contribution in [0.3, 0.4) is 0 Å². The van der Waals surface area contributed by atoms with E-state index in [1.165, 1.54) is 56.1 Å². The number of nitrogens with zero attached hydrogens (tertiary/aromatic N) is 2. The van der Waals surface area contributed by atoms with E-state index >= 15 is 0 Å². The van der Waals surface area contributed by atoms with Crippen molar-refractivity contribution in [2.75, 3.05) is 0 Å². The average Bonchev–Trinajstić information content (AvgIpc) is 3.30. The summed E-state index contributed by atoms with van der Waals surface area (Å²) in [5.41, 5.74) is 2.78. The van der Waals surface area contributed by atoms with E-state index in [0.717, 1.165) is 19.0 Å². The summed E-state index contributed by atoms with van der Waals surface area (Å²) < 4.78 is 0. The van der Waals surface area contributed by atoms with Crippen LogP contribution in [-0.4, -0.2) is 12.4 Å². The molecule has 0 bridgehead atoms. The predicted molar refractivity (Wildman–Crippen MR) is 126 cm³/mol. The van der Waals surface area contributed by atoms with Crippen LogP contribution in [0.15, 0.2) is 70.6 Å². The van der Waals surface area contributed by atoms with Crippen LogP contribution in [0.1, 0.15) is 75.3 Å². The zero-order chi connectivity index (χ0) is 20.2. The zero-order valence-electron chi connectivity index (χ0n) is 17.8. The van der Waals surface area contributed by atoms with Gasteiger partial charge in [0.15, 0.2) is 12.4 Å². The van der Waals surface area contributed by atoms with Gasteiger partial charge in [-0.1, -0.05) is 123 Å². The molecule has 2 unspecified atom stereocenters. The van der Waals surface area contributed by atoms with Gasteiger partial charge < -0.3 is 0 Å². The first kappa shape index (κ1) is 21.4. The summed E-state index contributed by atoms with van der Waals surface area (Å²) in [6, 6.07) is 21.8. The van der Waals surface area contributed by atoms with Gasteiger partial charge in [0.25, 0.3) is 0 Å². The largest absolute Gasteiger partial charge is 0.244 e. The van der Waals surface area contributed by atoms with Crippen LogP contribution >= 0.6 is 0 Å². The van der Waals surface area contributed by atoms with Gasteiger partial charge in [-0.25, -0.2) is 0 Å². The minimum Gasteiger partial charge on any atom is -0.0965 e. The Bertz CT molecular complexity index is 724. The zero-order valence-corrected chi connectivity index (χ0v) is 17.8. The highest BCUT2D eigenvalue weighted by Gasteiger charge is 2.36. The minimum absolute atomic E-state index is 0.364. The molecule has 0 N–H and O–H groups in total. The molecule has 152 valence electrons. The summed E-state index contributed by atoms with van der Waals surface area (Å²) in [6.07, 6.45) is 16.2. The van der Waals surface area contributed by atoms with Crippen molar-refractivity contribution in [2.24, 2.45) is 15.9 Å². The fourth-order valence-corrected chi connectivity index (χ4v) is 4.34. The lowest BCUT2D eigenvalue weighted by atomic mass is 9.77. The van der Waals surface area contributed by atoms with Crippen LogP contribution in [0, 0.1) is 12.1 Å². The first-order chi connectivity index (χ1) is 14.4. The van der Waals surface area contributed by atoms with Crippen LogP contribution in [-0.2, 0) is 6.42 Å². The smallest absolute Gasteiger partial charge is 0.0965 e. The summed E-state index contributed by atoms with van der Waals surface area (Å²) in [5.74, 6) is 0.768. The molecule has 1 heterocycles. The van der Waals surface area contributed by atoms with Crippen LogP contribution in [0.5, 0.6) is 0 Å². The number of hydrogen-bond acceptors (Lipinski definition) is 2. The molecule has 29 heavy (non-hydrogen) atoms. The summed E-state index contributed by atoms with van der Waals surface area (Å²) in [6.45, 7) is 2.28. The van der Waals surface area contributed by atoms with E-state index in [0.29, 0.717) is 11.8 Å². The van der Waals surface area contributed by atoms with E-state index in [2.05, 4.69) is 77.6 Å². The SMILES string of the molecule is CCCCCCCCCC([C+]1N=CC=N1)C(Cc1ccccc1)c1ccccc1. The van der Waals surface area contributed by atoms with Gasteiger partial charge in [0.1, 0.15) is 0 Å². The van der Waals surface area contributed by atoms with E-state index in [4.69, 9.17) is 0 Å². The molecule has 0 amide bonds. The number of rotatable bonds is 13. The molecule has 3 rings (SSSR count). The number of unbranched alkanes of at least 4 members (excludes halogenated alkanes) is 6. The normalized spacial score (nSPS) is 15.0. The van der Waals surface area contributed by atoms with Crippen molar-refractivity contribution in [3.05, 3.63) is 78.0 Å². The van der Waals surface area contributed by atoms with Gasteiger partial charge in [-0.15, -0.1) is 0 Å².